The summed E-state index contributed by atoms with van der Waals surface area (Å²) >= 11 is 14.0. The highest BCUT2D eigenvalue weighted by atomic mass is 35.5. The quantitative estimate of drug-likeness (QED) is 0.561. The van der Waals surface area contributed by atoms with Crippen LogP contribution in [0.25, 0.3) is 0 Å². The molecule has 0 spiro atoms. The van der Waals surface area contributed by atoms with Crippen LogP contribution >= 0.6 is 34.5 Å². The third kappa shape index (κ3) is 5.11. The Labute approximate surface area is 173 Å². The normalized spacial score (nSPS) is 12.0. The van der Waals surface area contributed by atoms with Gasteiger partial charge in [0.25, 0.3) is 5.91 Å². The molecule has 1 atom stereocenters. The lowest BCUT2D eigenvalue weighted by molar-refractivity contribution is -0.675. The highest BCUT2D eigenvalue weighted by Crippen LogP contribution is 2.29. The highest BCUT2D eigenvalue weighted by Gasteiger charge is 2.20. The van der Waals surface area contributed by atoms with Crippen molar-refractivity contribution in [3.63, 3.8) is 0 Å². The first kappa shape index (κ1) is 19.9. The summed E-state index contributed by atoms with van der Waals surface area (Å²) in [6.07, 6.45) is 1.01. The maximum Gasteiger partial charge on any atom is 0.279 e. The van der Waals surface area contributed by atoms with Crippen molar-refractivity contribution >= 4 is 46.1 Å². The molecule has 27 heavy (non-hydrogen) atoms. The van der Waals surface area contributed by atoms with Crippen LogP contribution in [0, 0.1) is 0 Å². The number of aryl methyl sites for hydroxylation is 1. The summed E-state index contributed by atoms with van der Waals surface area (Å²) in [6, 6.07) is 17.9. The van der Waals surface area contributed by atoms with Crippen molar-refractivity contribution in [1.82, 2.24) is 0 Å². The van der Waals surface area contributed by atoms with Crippen molar-refractivity contribution in [2.75, 3.05) is 11.9 Å². The average molecular weight is 420 g/mol. The Bertz CT molecular complexity index is 875. The minimum atomic E-state index is -0.142. The van der Waals surface area contributed by atoms with Gasteiger partial charge in [0.05, 0.1) is 20.6 Å². The Morgan fingerprint density at radius 1 is 1.07 bits per heavy atom. The minimum absolute atomic E-state index is 0.0726. The first-order valence-electron chi connectivity index (χ1n) is 8.78. The maximum absolute atomic E-state index is 12.5. The fourth-order valence-corrected chi connectivity index (χ4v) is 4.22. The summed E-state index contributed by atoms with van der Waals surface area (Å²) < 4.78 is 0. The number of hydrogen-bond donors (Lipinski definition) is 2. The van der Waals surface area contributed by atoms with Crippen LogP contribution in [0.3, 0.4) is 0 Å². The second kappa shape index (κ2) is 9.38. The standard InChI is InChI=1S/C21H20Cl2N2OS/c1-2-14-8-10-15(11-9-14)20(18-7-4-12-27-18)24-13-19(26)25-21-16(22)5-3-6-17(21)23/h3-12,20,24H,2,13H2,1H3,(H,25,26)/p+1/t20-/m1/s1. The Kier molecular flexibility index (Phi) is 6.91. The molecule has 1 heterocycles. The number of hydrogen-bond acceptors (Lipinski definition) is 2. The van der Waals surface area contributed by atoms with E-state index in [4.69, 9.17) is 23.2 Å². The topological polar surface area (TPSA) is 45.7 Å². The monoisotopic (exact) mass is 419 g/mol. The first-order valence-corrected chi connectivity index (χ1v) is 10.4. The lowest BCUT2D eigenvalue weighted by Gasteiger charge is -2.16. The van der Waals surface area contributed by atoms with Gasteiger partial charge in [-0.25, -0.2) is 0 Å². The van der Waals surface area contributed by atoms with Crippen LogP contribution in [0.4, 0.5) is 5.69 Å². The molecule has 3 aromatic rings. The summed E-state index contributed by atoms with van der Waals surface area (Å²) in [4.78, 5) is 13.7. The lowest BCUT2D eigenvalue weighted by atomic mass is 10.0. The van der Waals surface area contributed by atoms with Gasteiger partial charge in [-0.15, -0.1) is 11.3 Å². The number of rotatable bonds is 7. The van der Waals surface area contributed by atoms with Crippen molar-refractivity contribution in [2.45, 2.75) is 19.4 Å². The predicted molar refractivity (Wildman–Crippen MR) is 114 cm³/mol. The molecule has 0 saturated carbocycles. The van der Waals surface area contributed by atoms with Crippen molar-refractivity contribution in [2.24, 2.45) is 0 Å². The van der Waals surface area contributed by atoms with Crippen LogP contribution in [-0.4, -0.2) is 12.5 Å². The van der Waals surface area contributed by atoms with E-state index in [0.717, 1.165) is 6.42 Å². The number of thiophene rings is 1. The zero-order valence-electron chi connectivity index (χ0n) is 14.9. The van der Waals surface area contributed by atoms with Crippen molar-refractivity contribution in [3.05, 3.63) is 86.0 Å². The van der Waals surface area contributed by atoms with Gasteiger partial charge < -0.3 is 10.6 Å². The molecular weight excluding hydrogens is 399 g/mol. The van der Waals surface area contributed by atoms with E-state index in [1.165, 1.54) is 16.0 Å². The molecule has 2 aromatic carbocycles. The van der Waals surface area contributed by atoms with Crippen molar-refractivity contribution < 1.29 is 10.1 Å². The zero-order chi connectivity index (χ0) is 19.2. The lowest BCUT2D eigenvalue weighted by Crippen LogP contribution is -2.87. The van der Waals surface area contributed by atoms with Crippen LogP contribution in [0.1, 0.15) is 29.0 Å². The second-order valence-corrected chi connectivity index (χ2v) is 7.97. The summed E-state index contributed by atoms with van der Waals surface area (Å²) in [7, 11) is 0. The number of benzene rings is 2. The molecule has 1 amide bonds. The predicted octanol–water partition coefficient (Wildman–Crippen LogP) is 4.91. The number of anilines is 1. The summed E-state index contributed by atoms with van der Waals surface area (Å²) in [5, 5.41) is 7.77. The molecule has 0 aliphatic heterocycles. The smallest absolute Gasteiger partial charge is 0.279 e. The van der Waals surface area contributed by atoms with Crippen molar-refractivity contribution in [1.29, 1.82) is 0 Å². The number of quaternary nitrogens is 1. The van der Waals surface area contributed by atoms with Crippen LogP contribution in [-0.2, 0) is 11.2 Å². The number of carbonyl (C=O) groups is 1. The van der Waals surface area contributed by atoms with Crippen LogP contribution in [0.2, 0.25) is 10.0 Å². The number of carbonyl (C=O) groups excluding carboxylic acids is 1. The molecule has 0 radical (unpaired) electrons. The van der Waals surface area contributed by atoms with Gasteiger partial charge in [0.2, 0.25) is 0 Å². The number of halogens is 2. The number of para-hydroxylation sites is 1. The van der Waals surface area contributed by atoms with E-state index >= 15 is 0 Å². The third-order valence-electron chi connectivity index (χ3n) is 4.36. The van der Waals surface area contributed by atoms with E-state index in [1.807, 2.05) is 11.4 Å². The molecule has 0 unspecified atom stereocenters. The molecule has 0 aliphatic carbocycles. The maximum atomic E-state index is 12.5. The number of nitrogens with two attached hydrogens (primary N) is 1. The molecule has 140 valence electrons. The van der Waals surface area contributed by atoms with E-state index < -0.39 is 0 Å². The second-order valence-electron chi connectivity index (χ2n) is 6.17. The molecule has 6 heteroatoms. The van der Waals surface area contributed by atoms with Crippen molar-refractivity contribution in [3.8, 4) is 0 Å². The Hall–Kier alpha value is -1.85. The first-order chi connectivity index (χ1) is 13.1. The summed E-state index contributed by atoms with van der Waals surface area (Å²) in [6.45, 7) is 2.40. The van der Waals surface area contributed by atoms with Crippen LogP contribution < -0.4 is 10.6 Å². The van der Waals surface area contributed by atoms with Crippen LogP contribution in [0.15, 0.2) is 60.0 Å². The molecule has 3 N–H and O–H groups in total. The summed E-state index contributed by atoms with van der Waals surface area (Å²) in [5.41, 5.74) is 2.94. The molecule has 0 aliphatic rings. The third-order valence-corrected chi connectivity index (χ3v) is 5.95. The van der Waals surface area contributed by atoms with E-state index in [2.05, 4.69) is 48.0 Å². The van der Waals surface area contributed by atoms with Gasteiger partial charge in [-0.1, -0.05) is 66.5 Å². The van der Waals surface area contributed by atoms with Gasteiger partial charge in [0.1, 0.15) is 6.04 Å². The molecule has 3 rings (SSSR count). The van der Waals surface area contributed by atoms with Gasteiger partial charge in [-0.05, 0) is 35.6 Å². The molecule has 1 aromatic heterocycles. The van der Waals surface area contributed by atoms with Gasteiger partial charge in [0.15, 0.2) is 6.54 Å². The molecule has 3 nitrogen and oxygen atoms in total. The fourth-order valence-electron chi connectivity index (χ4n) is 2.88. The van der Waals surface area contributed by atoms with Gasteiger partial charge in [-0.3, -0.25) is 4.79 Å². The highest BCUT2D eigenvalue weighted by molar-refractivity contribution is 7.10. The van der Waals surface area contributed by atoms with Gasteiger partial charge in [-0.2, -0.15) is 0 Å². The van der Waals surface area contributed by atoms with E-state index in [1.54, 1.807) is 29.5 Å². The Morgan fingerprint density at radius 2 is 1.78 bits per heavy atom. The number of amides is 1. The molecular formula is C21H21Cl2N2OS+. The van der Waals surface area contributed by atoms with E-state index in [-0.39, 0.29) is 18.5 Å². The van der Waals surface area contributed by atoms with Gasteiger partial charge >= 0.3 is 0 Å². The average Bonchev–Trinajstić information content (AvgIpc) is 3.20. The van der Waals surface area contributed by atoms with E-state index in [9.17, 15) is 4.79 Å². The van der Waals surface area contributed by atoms with Gasteiger partial charge in [0, 0.05) is 5.56 Å². The van der Waals surface area contributed by atoms with E-state index in [0.29, 0.717) is 15.7 Å². The Balaban J connectivity index is 1.72. The largest absolute Gasteiger partial charge is 0.328 e. The SMILES string of the molecule is CCc1ccc([C@@H]([NH2+]CC(=O)Nc2c(Cl)cccc2Cl)c2cccs2)cc1. The fraction of sp³-hybridized carbons (Fsp3) is 0.190. The molecule has 0 fully saturated rings. The molecule has 0 saturated heterocycles. The molecule has 0 bridgehead atoms. The Morgan fingerprint density at radius 3 is 2.37 bits per heavy atom. The van der Waals surface area contributed by atoms with Crippen LogP contribution in [0.5, 0.6) is 0 Å². The zero-order valence-corrected chi connectivity index (χ0v) is 17.2. The minimum Gasteiger partial charge on any atom is -0.328 e. The number of nitrogens with one attached hydrogen (secondary N) is 1. The summed E-state index contributed by atoms with van der Waals surface area (Å²) in [5.74, 6) is -0.142.